The summed E-state index contributed by atoms with van der Waals surface area (Å²) < 4.78 is 24.8. The first kappa shape index (κ1) is 18.4. The summed E-state index contributed by atoms with van der Waals surface area (Å²) in [6.07, 6.45) is 0.906. The minimum Gasteiger partial charge on any atom is -0.391 e. The molecule has 2 N–H and O–H groups in total. The summed E-state index contributed by atoms with van der Waals surface area (Å²) in [6, 6.07) is 8.36. The molecule has 1 aromatic carbocycles. The molecular formula is C18H26N2O4S. The molecule has 1 saturated carbocycles. The van der Waals surface area contributed by atoms with Gasteiger partial charge in [0.25, 0.3) is 0 Å². The highest BCUT2D eigenvalue weighted by molar-refractivity contribution is 7.91. The Bertz CT molecular complexity index is 707. The molecule has 138 valence electrons. The van der Waals surface area contributed by atoms with Crippen molar-refractivity contribution in [2.75, 3.05) is 25.4 Å². The standard InChI is InChI=1S/C18H26N2O4S/c1-13(21)19-17-9-14-11-20(12-15(14)10-18(17)22)7-8-25(23,24)16-5-3-2-4-6-16/h2-6,14-15,17-18,22H,7-12H2,1H3,(H,19,21)/t14-,15+,17-,18-/m1/s1. The number of sulfone groups is 1. The van der Waals surface area contributed by atoms with Gasteiger partial charge in [-0.1, -0.05) is 18.2 Å². The third-order valence-corrected chi connectivity index (χ3v) is 7.10. The predicted octanol–water partition coefficient (Wildman–Crippen LogP) is 0.668. The average Bonchev–Trinajstić information content (AvgIpc) is 2.95. The van der Waals surface area contributed by atoms with Gasteiger partial charge in [0, 0.05) is 26.6 Å². The van der Waals surface area contributed by atoms with E-state index in [-0.39, 0.29) is 17.7 Å². The zero-order valence-corrected chi connectivity index (χ0v) is 15.3. The molecule has 1 heterocycles. The van der Waals surface area contributed by atoms with Crippen molar-refractivity contribution in [2.24, 2.45) is 11.8 Å². The molecule has 0 radical (unpaired) electrons. The van der Waals surface area contributed by atoms with E-state index in [1.807, 2.05) is 0 Å². The van der Waals surface area contributed by atoms with Crippen LogP contribution in [0.4, 0.5) is 0 Å². The lowest BCUT2D eigenvalue weighted by molar-refractivity contribution is -0.121. The fraction of sp³-hybridized carbons (Fsp3) is 0.611. The number of likely N-dealkylation sites (tertiary alicyclic amines) is 1. The zero-order valence-electron chi connectivity index (χ0n) is 14.5. The van der Waals surface area contributed by atoms with Crippen LogP contribution in [0.3, 0.4) is 0 Å². The molecule has 0 spiro atoms. The summed E-state index contributed by atoms with van der Waals surface area (Å²) in [5.74, 6) is 0.763. The van der Waals surface area contributed by atoms with Gasteiger partial charge in [-0.25, -0.2) is 8.42 Å². The maximum Gasteiger partial charge on any atom is 0.217 e. The molecule has 0 aromatic heterocycles. The summed E-state index contributed by atoms with van der Waals surface area (Å²) in [4.78, 5) is 13.8. The lowest BCUT2D eigenvalue weighted by Crippen LogP contribution is -2.48. The van der Waals surface area contributed by atoms with Crippen molar-refractivity contribution in [3.05, 3.63) is 30.3 Å². The Morgan fingerprint density at radius 2 is 1.84 bits per heavy atom. The Kier molecular flexibility index (Phi) is 5.46. The highest BCUT2D eigenvalue weighted by Gasteiger charge is 2.41. The average molecular weight is 366 g/mol. The molecule has 1 aliphatic heterocycles. The van der Waals surface area contributed by atoms with Crippen LogP contribution in [0.5, 0.6) is 0 Å². The zero-order chi connectivity index (χ0) is 18.0. The molecule has 0 unspecified atom stereocenters. The number of carbonyl (C=O) groups is 1. The summed E-state index contributed by atoms with van der Waals surface area (Å²) >= 11 is 0. The largest absolute Gasteiger partial charge is 0.391 e. The van der Waals surface area contributed by atoms with E-state index in [2.05, 4.69) is 10.2 Å². The van der Waals surface area contributed by atoms with Gasteiger partial charge >= 0.3 is 0 Å². The lowest BCUT2D eigenvalue weighted by Gasteiger charge is -2.35. The molecule has 1 aromatic rings. The van der Waals surface area contributed by atoms with Crippen LogP contribution in [0, 0.1) is 11.8 Å². The monoisotopic (exact) mass is 366 g/mol. The summed E-state index contributed by atoms with van der Waals surface area (Å²) in [5, 5.41) is 13.1. The summed E-state index contributed by atoms with van der Waals surface area (Å²) in [7, 11) is -3.27. The SMILES string of the molecule is CC(=O)N[C@@H]1C[C@@H]2CN(CCS(=O)(=O)c3ccccc3)C[C@@H]2C[C@H]1O. The number of hydrogen-bond donors (Lipinski definition) is 2. The predicted molar refractivity (Wildman–Crippen MR) is 94.8 cm³/mol. The van der Waals surface area contributed by atoms with Gasteiger partial charge in [0.05, 0.1) is 22.8 Å². The molecule has 6 nitrogen and oxygen atoms in total. The number of aliphatic hydroxyl groups excluding tert-OH is 1. The van der Waals surface area contributed by atoms with Crippen LogP contribution in [0.1, 0.15) is 19.8 Å². The maximum atomic E-state index is 12.4. The van der Waals surface area contributed by atoms with Crippen LogP contribution in [-0.2, 0) is 14.6 Å². The smallest absolute Gasteiger partial charge is 0.217 e. The Morgan fingerprint density at radius 3 is 2.48 bits per heavy atom. The highest BCUT2D eigenvalue weighted by atomic mass is 32.2. The highest BCUT2D eigenvalue weighted by Crippen LogP contribution is 2.36. The van der Waals surface area contributed by atoms with Gasteiger partial charge in [-0.3, -0.25) is 4.79 Å². The van der Waals surface area contributed by atoms with E-state index in [1.54, 1.807) is 30.3 Å². The van der Waals surface area contributed by atoms with Crippen molar-refractivity contribution in [1.29, 1.82) is 0 Å². The van der Waals surface area contributed by atoms with Crippen LogP contribution in [0.2, 0.25) is 0 Å². The molecule has 2 fully saturated rings. The van der Waals surface area contributed by atoms with Gasteiger partial charge in [0.2, 0.25) is 5.91 Å². The molecule has 4 atom stereocenters. The lowest BCUT2D eigenvalue weighted by atomic mass is 9.77. The number of nitrogens with zero attached hydrogens (tertiary/aromatic N) is 1. The number of rotatable bonds is 5. The number of amides is 1. The molecule has 2 aliphatic rings. The fourth-order valence-electron chi connectivity index (χ4n) is 4.12. The van der Waals surface area contributed by atoms with Crippen molar-refractivity contribution in [2.45, 2.75) is 36.8 Å². The molecule has 3 rings (SSSR count). The van der Waals surface area contributed by atoms with Crippen LogP contribution in [0.25, 0.3) is 0 Å². The van der Waals surface area contributed by atoms with E-state index in [1.165, 1.54) is 6.92 Å². The van der Waals surface area contributed by atoms with E-state index in [0.717, 1.165) is 19.5 Å². The van der Waals surface area contributed by atoms with Crippen molar-refractivity contribution in [3.8, 4) is 0 Å². The minimum atomic E-state index is -3.27. The second kappa shape index (κ2) is 7.43. The topological polar surface area (TPSA) is 86.7 Å². The first-order chi connectivity index (χ1) is 11.8. The van der Waals surface area contributed by atoms with Crippen LogP contribution in [0.15, 0.2) is 35.2 Å². The van der Waals surface area contributed by atoms with Gasteiger partial charge in [0.1, 0.15) is 0 Å². The number of aliphatic hydroxyl groups is 1. The maximum absolute atomic E-state index is 12.4. The van der Waals surface area contributed by atoms with E-state index in [0.29, 0.717) is 29.7 Å². The van der Waals surface area contributed by atoms with Crippen LogP contribution >= 0.6 is 0 Å². The van der Waals surface area contributed by atoms with Crippen LogP contribution in [-0.4, -0.2) is 61.9 Å². The summed E-state index contributed by atoms with van der Waals surface area (Å²) in [6.45, 7) is 3.62. The summed E-state index contributed by atoms with van der Waals surface area (Å²) in [5.41, 5.74) is 0. The van der Waals surface area contributed by atoms with Crippen molar-refractivity contribution < 1.29 is 18.3 Å². The molecule has 0 bridgehead atoms. The van der Waals surface area contributed by atoms with Crippen molar-refractivity contribution in [3.63, 3.8) is 0 Å². The molecular weight excluding hydrogens is 340 g/mol. The van der Waals surface area contributed by atoms with Gasteiger partial charge in [0.15, 0.2) is 9.84 Å². The normalized spacial score (nSPS) is 30.0. The first-order valence-electron chi connectivity index (χ1n) is 8.80. The fourth-order valence-corrected chi connectivity index (χ4v) is 5.43. The number of carbonyl (C=O) groups excluding carboxylic acids is 1. The van der Waals surface area contributed by atoms with E-state index in [4.69, 9.17) is 0 Å². The Labute approximate surface area is 149 Å². The van der Waals surface area contributed by atoms with E-state index >= 15 is 0 Å². The van der Waals surface area contributed by atoms with Crippen LogP contribution < -0.4 is 5.32 Å². The van der Waals surface area contributed by atoms with Gasteiger partial charge in [-0.2, -0.15) is 0 Å². The van der Waals surface area contributed by atoms with E-state index in [9.17, 15) is 18.3 Å². The third-order valence-electron chi connectivity index (χ3n) is 5.38. The second-order valence-corrected chi connectivity index (χ2v) is 9.37. The van der Waals surface area contributed by atoms with Crippen molar-refractivity contribution >= 4 is 15.7 Å². The van der Waals surface area contributed by atoms with E-state index < -0.39 is 15.9 Å². The molecule has 7 heteroatoms. The first-order valence-corrected chi connectivity index (χ1v) is 10.5. The number of nitrogens with one attached hydrogen (secondary N) is 1. The Morgan fingerprint density at radius 1 is 1.20 bits per heavy atom. The van der Waals surface area contributed by atoms with Gasteiger partial charge in [-0.05, 0) is 36.8 Å². The quantitative estimate of drug-likeness (QED) is 0.800. The molecule has 1 aliphatic carbocycles. The third kappa shape index (κ3) is 4.40. The minimum absolute atomic E-state index is 0.105. The second-order valence-electron chi connectivity index (χ2n) is 7.26. The molecule has 25 heavy (non-hydrogen) atoms. The number of hydrogen-bond acceptors (Lipinski definition) is 5. The molecule has 1 saturated heterocycles. The number of benzene rings is 1. The Balaban J connectivity index is 1.56. The van der Waals surface area contributed by atoms with Gasteiger partial charge < -0.3 is 15.3 Å². The van der Waals surface area contributed by atoms with Crippen molar-refractivity contribution in [1.82, 2.24) is 10.2 Å². The Hall–Kier alpha value is -1.44. The van der Waals surface area contributed by atoms with Gasteiger partial charge in [-0.15, -0.1) is 0 Å². The number of fused-ring (bicyclic) bond motifs is 1. The molecule has 1 amide bonds.